The van der Waals surface area contributed by atoms with Crippen LogP contribution in [0.25, 0.3) is 0 Å². The van der Waals surface area contributed by atoms with Crippen molar-refractivity contribution in [3.8, 4) is 0 Å². The zero-order valence-electron chi connectivity index (χ0n) is 15.7. The summed E-state index contributed by atoms with van der Waals surface area (Å²) in [6.45, 7) is 1.87. The zero-order chi connectivity index (χ0) is 21.2. The Balaban J connectivity index is 1.79. The van der Waals surface area contributed by atoms with Crippen molar-refractivity contribution in [3.63, 3.8) is 0 Å². The standard InChI is InChI=1S/C21H18ClFN2O3S/c1-14-6-12-17(13-7-14)29(27,28)25(2)16-10-8-15(9-11-16)21(26)24-19-5-3-4-18(22)20(19)23/h3-13H,1-2H3,(H,24,26). The van der Waals surface area contributed by atoms with Gasteiger partial charge in [0.25, 0.3) is 15.9 Å². The van der Waals surface area contributed by atoms with E-state index in [2.05, 4.69) is 5.32 Å². The van der Waals surface area contributed by atoms with Gasteiger partial charge in [0.05, 0.1) is 21.3 Å². The maximum atomic E-state index is 13.9. The third-order valence-electron chi connectivity index (χ3n) is 4.37. The molecule has 150 valence electrons. The fraction of sp³-hybridized carbons (Fsp3) is 0.0952. The number of hydrogen-bond acceptors (Lipinski definition) is 3. The summed E-state index contributed by atoms with van der Waals surface area (Å²) >= 11 is 5.71. The van der Waals surface area contributed by atoms with E-state index in [1.54, 1.807) is 24.3 Å². The second kappa shape index (κ2) is 8.23. The maximum absolute atomic E-state index is 13.9. The highest BCUT2D eigenvalue weighted by Gasteiger charge is 2.21. The van der Waals surface area contributed by atoms with Crippen LogP contribution in [-0.4, -0.2) is 21.4 Å². The molecule has 3 aromatic rings. The Labute approximate surface area is 173 Å². The minimum Gasteiger partial charge on any atom is -0.319 e. The van der Waals surface area contributed by atoms with E-state index in [4.69, 9.17) is 11.6 Å². The van der Waals surface area contributed by atoms with Crippen LogP contribution in [0.4, 0.5) is 15.8 Å². The van der Waals surface area contributed by atoms with E-state index in [9.17, 15) is 17.6 Å². The molecule has 0 saturated carbocycles. The van der Waals surface area contributed by atoms with Crippen LogP contribution in [0.2, 0.25) is 5.02 Å². The molecule has 0 spiro atoms. The molecule has 8 heteroatoms. The third kappa shape index (κ3) is 4.41. The number of nitrogens with zero attached hydrogens (tertiary/aromatic N) is 1. The smallest absolute Gasteiger partial charge is 0.264 e. The van der Waals surface area contributed by atoms with Crippen LogP contribution < -0.4 is 9.62 Å². The quantitative estimate of drug-likeness (QED) is 0.625. The topological polar surface area (TPSA) is 66.5 Å². The molecule has 0 aromatic heterocycles. The second-order valence-corrected chi connectivity index (χ2v) is 8.76. The predicted octanol–water partition coefficient (Wildman–Crippen LogP) is 4.86. The van der Waals surface area contributed by atoms with Gasteiger partial charge in [-0.15, -0.1) is 0 Å². The summed E-state index contributed by atoms with van der Waals surface area (Å²) in [5, 5.41) is 2.35. The van der Waals surface area contributed by atoms with Crippen LogP contribution in [0.15, 0.2) is 71.6 Å². The average molecular weight is 433 g/mol. The molecular formula is C21H18ClFN2O3S. The van der Waals surface area contributed by atoms with Gasteiger partial charge < -0.3 is 5.32 Å². The van der Waals surface area contributed by atoms with Crippen molar-refractivity contribution in [2.45, 2.75) is 11.8 Å². The van der Waals surface area contributed by atoms with Crippen molar-refractivity contribution in [2.75, 3.05) is 16.7 Å². The normalized spacial score (nSPS) is 11.2. The Kier molecular flexibility index (Phi) is 5.91. The van der Waals surface area contributed by atoms with Gasteiger partial charge in [-0.25, -0.2) is 12.8 Å². The molecule has 3 aromatic carbocycles. The number of nitrogens with one attached hydrogen (secondary N) is 1. The first-order valence-electron chi connectivity index (χ1n) is 8.61. The lowest BCUT2D eigenvalue weighted by molar-refractivity contribution is 0.102. The SMILES string of the molecule is Cc1ccc(S(=O)(=O)N(C)c2ccc(C(=O)Nc3cccc(Cl)c3F)cc2)cc1. The highest BCUT2D eigenvalue weighted by molar-refractivity contribution is 7.92. The van der Waals surface area contributed by atoms with Crippen LogP contribution in [0, 0.1) is 12.7 Å². The molecule has 0 aliphatic carbocycles. The Bertz CT molecular complexity index is 1150. The molecule has 0 unspecified atom stereocenters. The Hall–Kier alpha value is -2.90. The first-order valence-corrected chi connectivity index (χ1v) is 10.4. The van der Waals surface area contributed by atoms with E-state index < -0.39 is 21.7 Å². The van der Waals surface area contributed by atoms with Gasteiger partial charge in [-0.2, -0.15) is 0 Å². The van der Waals surface area contributed by atoms with Gasteiger partial charge >= 0.3 is 0 Å². The van der Waals surface area contributed by atoms with Crippen LogP contribution in [0.1, 0.15) is 15.9 Å². The number of carbonyl (C=O) groups is 1. The Morgan fingerprint density at radius 2 is 1.62 bits per heavy atom. The molecule has 0 radical (unpaired) electrons. The molecule has 0 aliphatic heterocycles. The van der Waals surface area contributed by atoms with Crippen molar-refractivity contribution >= 4 is 38.9 Å². The number of amides is 1. The Morgan fingerprint density at radius 3 is 2.24 bits per heavy atom. The second-order valence-electron chi connectivity index (χ2n) is 6.39. The largest absolute Gasteiger partial charge is 0.319 e. The molecule has 0 saturated heterocycles. The van der Waals surface area contributed by atoms with Gasteiger partial charge in [0.15, 0.2) is 5.82 Å². The van der Waals surface area contributed by atoms with Gasteiger partial charge in [-0.05, 0) is 55.5 Å². The van der Waals surface area contributed by atoms with Gasteiger partial charge in [0, 0.05) is 12.6 Å². The summed E-state index contributed by atoms with van der Waals surface area (Å²) in [5.41, 5.74) is 1.55. The summed E-state index contributed by atoms with van der Waals surface area (Å²) in [5.74, 6) is -1.26. The van der Waals surface area contributed by atoms with Crippen LogP contribution in [0.5, 0.6) is 0 Å². The van der Waals surface area contributed by atoms with E-state index in [-0.39, 0.29) is 21.2 Å². The fourth-order valence-electron chi connectivity index (χ4n) is 2.62. The van der Waals surface area contributed by atoms with Gasteiger partial charge in [0.1, 0.15) is 0 Å². The predicted molar refractivity (Wildman–Crippen MR) is 113 cm³/mol. The van der Waals surface area contributed by atoms with Gasteiger partial charge in [0.2, 0.25) is 0 Å². The number of aryl methyl sites for hydroxylation is 1. The molecule has 0 aliphatic rings. The fourth-order valence-corrected chi connectivity index (χ4v) is 3.99. The molecule has 0 atom stereocenters. The molecule has 29 heavy (non-hydrogen) atoms. The van der Waals surface area contributed by atoms with Crippen molar-refractivity contribution in [3.05, 3.63) is 88.7 Å². The third-order valence-corrected chi connectivity index (χ3v) is 6.46. The van der Waals surface area contributed by atoms with Crippen molar-refractivity contribution in [1.29, 1.82) is 0 Å². The number of carbonyl (C=O) groups excluding carboxylic acids is 1. The molecule has 3 rings (SSSR count). The van der Waals surface area contributed by atoms with E-state index in [0.29, 0.717) is 5.69 Å². The lowest BCUT2D eigenvalue weighted by Gasteiger charge is -2.20. The first kappa shape index (κ1) is 20.8. The van der Waals surface area contributed by atoms with Crippen LogP contribution in [-0.2, 0) is 10.0 Å². The summed E-state index contributed by atoms with van der Waals surface area (Å²) < 4.78 is 40.6. The highest BCUT2D eigenvalue weighted by atomic mass is 35.5. The molecule has 1 N–H and O–H groups in total. The lowest BCUT2D eigenvalue weighted by atomic mass is 10.2. The number of benzene rings is 3. The molecule has 5 nitrogen and oxygen atoms in total. The van der Waals surface area contributed by atoms with Crippen LogP contribution in [0.3, 0.4) is 0 Å². The number of anilines is 2. The molecule has 0 heterocycles. The van der Waals surface area contributed by atoms with Crippen molar-refractivity contribution in [1.82, 2.24) is 0 Å². The lowest BCUT2D eigenvalue weighted by Crippen LogP contribution is -2.26. The summed E-state index contributed by atoms with van der Waals surface area (Å²) in [6, 6.07) is 16.8. The Morgan fingerprint density at radius 1 is 1.00 bits per heavy atom. The van der Waals surface area contributed by atoms with Crippen molar-refractivity contribution < 1.29 is 17.6 Å². The zero-order valence-corrected chi connectivity index (χ0v) is 17.3. The highest BCUT2D eigenvalue weighted by Crippen LogP contribution is 2.25. The average Bonchev–Trinajstić information content (AvgIpc) is 2.71. The molecule has 0 fully saturated rings. The molecule has 1 amide bonds. The molecule has 0 bridgehead atoms. The van der Waals surface area contributed by atoms with E-state index >= 15 is 0 Å². The number of hydrogen-bond donors (Lipinski definition) is 1. The minimum atomic E-state index is -3.73. The monoisotopic (exact) mass is 432 g/mol. The van der Waals surface area contributed by atoms with E-state index in [1.165, 1.54) is 49.5 Å². The summed E-state index contributed by atoms with van der Waals surface area (Å²) in [4.78, 5) is 12.5. The van der Waals surface area contributed by atoms with E-state index in [0.717, 1.165) is 9.87 Å². The number of halogens is 2. The van der Waals surface area contributed by atoms with Crippen molar-refractivity contribution in [2.24, 2.45) is 0 Å². The van der Waals surface area contributed by atoms with Gasteiger partial charge in [-0.3, -0.25) is 9.10 Å². The first-order chi connectivity index (χ1) is 13.7. The minimum absolute atomic E-state index is 0.0364. The summed E-state index contributed by atoms with van der Waals surface area (Å²) in [7, 11) is -2.30. The maximum Gasteiger partial charge on any atom is 0.264 e. The number of sulfonamides is 1. The van der Waals surface area contributed by atoms with E-state index in [1.807, 2.05) is 6.92 Å². The molecular weight excluding hydrogens is 415 g/mol. The van der Waals surface area contributed by atoms with Gasteiger partial charge in [-0.1, -0.05) is 35.4 Å². The summed E-state index contributed by atoms with van der Waals surface area (Å²) in [6.07, 6.45) is 0. The number of rotatable bonds is 5. The van der Waals surface area contributed by atoms with Crippen LogP contribution >= 0.6 is 11.6 Å².